The normalized spacial score (nSPS) is 13.8. The maximum Gasteiger partial charge on any atom is 0.272 e. The summed E-state index contributed by atoms with van der Waals surface area (Å²) in [5.41, 5.74) is 1.11. The Labute approximate surface area is 116 Å². The van der Waals surface area contributed by atoms with Crippen molar-refractivity contribution in [1.29, 1.82) is 0 Å². The van der Waals surface area contributed by atoms with Crippen LogP contribution >= 0.6 is 0 Å². The highest BCUT2D eigenvalue weighted by atomic mass is 16.1. The van der Waals surface area contributed by atoms with Crippen LogP contribution in [0.25, 0.3) is 0 Å². The van der Waals surface area contributed by atoms with Crippen molar-refractivity contribution in [2.75, 3.05) is 5.32 Å². The van der Waals surface area contributed by atoms with Crippen molar-refractivity contribution in [3.05, 3.63) is 47.9 Å². The number of carbonyl (C=O) groups excluding carboxylic acids is 1. The van der Waals surface area contributed by atoms with Gasteiger partial charge in [-0.2, -0.15) is 0 Å². The molecule has 3 rings (SSSR count). The topological polar surface area (TPSA) is 79.8 Å². The van der Waals surface area contributed by atoms with E-state index in [1.54, 1.807) is 18.3 Å². The van der Waals surface area contributed by atoms with E-state index in [1.807, 2.05) is 18.2 Å². The van der Waals surface area contributed by atoms with Gasteiger partial charge in [-0.1, -0.05) is 6.07 Å². The number of carbonyl (C=O) groups is 1. The summed E-state index contributed by atoms with van der Waals surface area (Å²) >= 11 is 0. The minimum atomic E-state index is -0.249. The van der Waals surface area contributed by atoms with E-state index in [-0.39, 0.29) is 5.91 Å². The third kappa shape index (κ3) is 3.28. The van der Waals surface area contributed by atoms with E-state index in [4.69, 9.17) is 0 Å². The van der Waals surface area contributed by atoms with Gasteiger partial charge in [0.1, 0.15) is 5.82 Å². The predicted octanol–water partition coefficient (Wildman–Crippen LogP) is 1.38. The lowest BCUT2D eigenvalue weighted by molar-refractivity contribution is 0.0944. The number of nitrogens with zero attached hydrogens (tertiary/aromatic N) is 3. The van der Waals surface area contributed by atoms with Crippen molar-refractivity contribution in [2.45, 2.75) is 25.4 Å². The largest absolute Gasteiger partial charge is 0.366 e. The third-order valence-corrected chi connectivity index (χ3v) is 2.98. The molecule has 0 aliphatic heterocycles. The molecule has 0 aromatic carbocycles. The molecule has 2 heterocycles. The summed E-state index contributed by atoms with van der Waals surface area (Å²) in [6.07, 6.45) is 4.04. The van der Waals surface area contributed by atoms with Gasteiger partial charge in [0, 0.05) is 12.2 Å². The maximum atomic E-state index is 11.9. The van der Waals surface area contributed by atoms with Gasteiger partial charge in [0.05, 0.1) is 12.2 Å². The fraction of sp³-hybridized carbons (Fsp3) is 0.286. The van der Waals surface area contributed by atoms with Gasteiger partial charge in [0.2, 0.25) is 0 Å². The first kappa shape index (κ1) is 12.5. The van der Waals surface area contributed by atoms with Crippen LogP contribution in [0.15, 0.2) is 36.5 Å². The standard InChI is InChI=1S/C14H15N5O/c20-14(16-9-11-3-1-2-8-15-11)12-6-7-13(19-18-12)17-10-4-5-10/h1-3,6-8,10H,4-5,9H2,(H,16,20)(H,17,19). The summed E-state index contributed by atoms with van der Waals surface area (Å²) in [7, 11) is 0. The Hall–Kier alpha value is -2.50. The van der Waals surface area contributed by atoms with Gasteiger partial charge in [-0.05, 0) is 37.1 Å². The van der Waals surface area contributed by atoms with Crippen molar-refractivity contribution in [3.8, 4) is 0 Å². The summed E-state index contributed by atoms with van der Waals surface area (Å²) in [5.74, 6) is 0.468. The molecule has 2 N–H and O–H groups in total. The Morgan fingerprint density at radius 2 is 2.10 bits per heavy atom. The quantitative estimate of drug-likeness (QED) is 0.857. The van der Waals surface area contributed by atoms with Crippen molar-refractivity contribution in [3.63, 3.8) is 0 Å². The summed E-state index contributed by atoms with van der Waals surface area (Å²) in [5, 5.41) is 13.9. The predicted molar refractivity (Wildman–Crippen MR) is 74.1 cm³/mol. The van der Waals surface area contributed by atoms with Crippen LogP contribution in [-0.2, 0) is 6.54 Å². The van der Waals surface area contributed by atoms with Crippen LogP contribution < -0.4 is 10.6 Å². The summed E-state index contributed by atoms with van der Waals surface area (Å²) in [6.45, 7) is 0.378. The van der Waals surface area contributed by atoms with E-state index in [0.29, 0.717) is 24.1 Å². The lowest BCUT2D eigenvalue weighted by Gasteiger charge is -2.05. The van der Waals surface area contributed by atoms with Gasteiger partial charge in [0.15, 0.2) is 5.69 Å². The van der Waals surface area contributed by atoms with E-state index >= 15 is 0 Å². The molecule has 0 atom stereocenters. The Morgan fingerprint density at radius 1 is 1.20 bits per heavy atom. The molecular formula is C14H15N5O. The second-order valence-corrected chi connectivity index (χ2v) is 4.73. The summed E-state index contributed by atoms with van der Waals surface area (Å²) < 4.78 is 0. The fourth-order valence-electron chi connectivity index (χ4n) is 1.73. The molecule has 2 aromatic rings. The number of anilines is 1. The highest BCUT2D eigenvalue weighted by Gasteiger charge is 2.21. The molecule has 102 valence electrons. The highest BCUT2D eigenvalue weighted by molar-refractivity contribution is 5.92. The molecule has 0 radical (unpaired) electrons. The molecule has 1 fully saturated rings. The molecule has 0 spiro atoms. The summed E-state index contributed by atoms with van der Waals surface area (Å²) in [4.78, 5) is 16.0. The van der Waals surface area contributed by atoms with Gasteiger partial charge >= 0.3 is 0 Å². The van der Waals surface area contributed by atoms with Gasteiger partial charge < -0.3 is 10.6 Å². The highest BCUT2D eigenvalue weighted by Crippen LogP contribution is 2.23. The smallest absolute Gasteiger partial charge is 0.272 e. The molecule has 2 aromatic heterocycles. The first-order chi connectivity index (χ1) is 9.81. The molecule has 1 amide bonds. The Balaban J connectivity index is 1.56. The molecule has 6 nitrogen and oxygen atoms in total. The zero-order valence-electron chi connectivity index (χ0n) is 10.9. The lowest BCUT2D eigenvalue weighted by Crippen LogP contribution is -2.24. The van der Waals surface area contributed by atoms with Crippen LogP contribution in [0.3, 0.4) is 0 Å². The van der Waals surface area contributed by atoms with Gasteiger partial charge in [0.25, 0.3) is 5.91 Å². The fourth-order valence-corrected chi connectivity index (χ4v) is 1.73. The number of rotatable bonds is 5. The molecular weight excluding hydrogens is 254 g/mol. The first-order valence-electron chi connectivity index (χ1n) is 6.59. The van der Waals surface area contributed by atoms with Crippen molar-refractivity contribution >= 4 is 11.7 Å². The van der Waals surface area contributed by atoms with E-state index in [0.717, 1.165) is 5.69 Å². The Bertz CT molecular complexity index is 580. The van der Waals surface area contributed by atoms with Gasteiger partial charge in [-0.25, -0.2) is 0 Å². The average Bonchev–Trinajstić information content (AvgIpc) is 3.31. The molecule has 0 unspecified atom stereocenters. The van der Waals surface area contributed by atoms with E-state index in [1.165, 1.54) is 12.8 Å². The lowest BCUT2D eigenvalue weighted by atomic mass is 10.3. The van der Waals surface area contributed by atoms with Crippen LogP contribution in [0.1, 0.15) is 29.0 Å². The van der Waals surface area contributed by atoms with Crippen LogP contribution in [0, 0.1) is 0 Å². The second-order valence-electron chi connectivity index (χ2n) is 4.73. The molecule has 20 heavy (non-hydrogen) atoms. The SMILES string of the molecule is O=C(NCc1ccccn1)c1ccc(NC2CC2)nn1. The average molecular weight is 269 g/mol. The van der Waals surface area contributed by atoms with Crippen LogP contribution in [-0.4, -0.2) is 27.1 Å². The van der Waals surface area contributed by atoms with Crippen molar-refractivity contribution in [2.24, 2.45) is 0 Å². The second kappa shape index (κ2) is 5.64. The molecule has 0 saturated heterocycles. The van der Waals surface area contributed by atoms with Gasteiger partial charge in [-0.15, -0.1) is 10.2 Å². The molecule has 0 bridgehead atoms. The number of hydrogen-bond donors (Lipinski definition) is 2. The van der Waals surface area contributed by atoms with E-state index < -0.39 is 0 Å². The van der Waals surface area contributed by atoms with Gasteiger partial charge in [-0.3, -0.25) is 9.78 Å². The number of amides is 1. The Kier molecular flexibility index (Phi) is 3.54. The van der Waals surface area contributed by atoms with Crippen LogP contribution in [0.4, 0.5) is 5.82 Å². The monoisotopic (exact) mass is 269 g/mol. The molecule has 6 heteroatoms. The number of pyridine rings is 1. The van der Waals surface area contributed by atoms with E-state index in [9.17, 15) is 4.79 Å². The van der Waals surface area contributed by atoms with Crippen molar-refractivity contribution < 1.29 is 4.79 Å². The maximum absolute atomic E-state index is 11.9. The number of hydrogen-bond acceptors (Lipinski definition) is 5. The number of nitrogens with one attached hydrogen (secondary N) is 2. The number of aromatic nitrogens is 3. The van der Waals surface area contributed by atoms with Crippen molar-refractivity contribution in [1.82, 2.24) is 20.5 Å². The first-order valence-corrected chi connectivity index (χ1v) is 6.59. The van der Waals surface area contributed by atoms with Crippen LogP contribution in [0.5, 0.6) is 0 Å². The zero-order valence-corrected chi connectivity index (χ0v) is 10.9. The zero-order chi connectivity index (χ0) is 13.8. The summed E-state index contributed by atoms with van der Waals surface area (Å²) in [6, 6.07) is 9.55. The third-order valence-electron chi connectivity index (χ3n) is 2.98. The molecule has 1 saturated carbocycles. The molecule has 1 aliphatic rings. The minimum absolute atomic E-state index is 0.249. The Morgan fingerprint density at radius 3 is 2.75 bits per heavy atom. The minimum Gasteiger partial charge on any atom is -0.366 e. The van der Waals surface area contributed by atoms with E-state index in [2.05, 4.69) is 25.8 Å². The van der Waals surface area contributed by atoms with Crippen LogP contribution in [0.2, 0.25) is 0 Å². The molecule has 1 aliphatic carbocycles.